The summed E-state index contributed by atoms with van der Waals surface area (Å²) in [6.45, 7) is 5.56. The van der Waals surface area contributed by atoms with Crippen molar-refractivity contribution in [2.45, 2.75) is 45.1 Å². The summed E-state index contributed by atoms with van der Waals surface area (Å²) in [5, 5.41) is 3.86. The third kappa shape index (κ3) is 3.39. The molecule has 1 aliphatic carbocycles. The van der Waals surface area contributed by atoms with Crippen molar-refractivity contribution in [3.8, 4) is 5.75 Å². The Morgan fingerprint density at radius 2 is 2.10 bits per heavy atom. The van der Waals surface area contributed by atoms with Crippen LogP contribution in [0.5, 0.6) is 5.75 Å². The van der Waals surface area contributed by atoms with E-state index in [1.54, 1.807) is 19.1 Å². The van der Waals surface area contributed by atoms with Crippen LogP contribution in [0.4, 0.5) is 10.2 Å². The maximum atomic E-state index is 14.6. The molecule has 0 aliphatic heterocycles. The number of fused-ring (bicyclic) bond motifs is 1. The van der Waals surface area contributed by atoms with Gasteiger partial charge in [-0.3, -0.25) is 4.79 Å². The van der Waals surface area contributed by atoms with Crippen molar-refractivity contribution >= 4 is 22.8 Å². The van der Waals surface area contributed by atoms with E-state index in [2.05, 4.69) is 22.2 Å². The van der Waals surface area contributed by atoms with Gasteiger partial charge in [-0.15, -0.1) is 0 Å². The van der Waals surface area contributed by atoms with E-state index in [0.29, 0.717) is 34.1 Å². The minimum absolute atomic E-state index is 0.104. The number of nitrogens with two attached hydrogens (primary N) is 1. The van der Waals surface area contributed by atoms with Gasteiger partial charge in [0.1, 0.15) is 29.0 Å². The van der Waals surface area contributed by atoms with Gasteiger partial charge in [0.15, 0.2) is 0 Å². The number of aromatic nitrogens is 2. The Morgan fingerprint density at radius 1 is 1.38 bits per heavy atom. The predicted molar refractivity (Wildman–Crippen MR) is 107 cm³/mol. The molecule has 1 aromatic carbocycles. The number of furan rings is 1. The van der Waals surface area contributed by atoms with Crippen LogP contribution in [0.1, 0.15) is 60.1 Å². The quantitative estimate of drug-likeness (QED) is 0.653. The molecule has 0 saturated heterocycles. The molecule has 3 aromatic rings. The van der Waals surface area contributed by atoms with E-state index in [4.69, 9.17) is 14.9 Å². The van der Waals surface area contributed by atoms with Crippen LogP contribution in [0.3, 0.4) is 0 Å². The molecule has 1 fully saturated rings. The van der Waals surface area contributed by atoms with Crippen LogP contribution in [0.2, 0.25) is 0 Å². The number of halogens is 1. The summed E-state index contributed by atoms with van der Waals surface area (Å²) in [7, 11) is 1.49. The SMILES string of the molecule is COc1ccc([C@@H](C)c2nc(NC3(C)CC3)c3c(C(N)=O)c(C)oc3n2)c(F)c1. The number of amides is 1. The molecule has 0 unspecified atom stereocenters. The van der Waals surface area contributed by atoms with E-state index in [0.717, 1.165) is 12.8 Å². The first-order chi connectivity index (χ1) is 13.7. The lowest BCUT2D eigenvalue weighted by molar-refractivity contribution is 0.1000. The van der Waals surface area contributed by atoms with Gasteiger partial charge >= 0.3 is 0 Å². The number of aryl methyl sites for hydroxylation is 1. The first-order valence-corrected chi connectivity index (χ1v) is 9.45. The monoisotopic (exact) mass is 398 g/mol. The molecule has 1 aliphatic rings. The van der Waals surface area contributed by atoms with Gasteiger partial charge in [0.05, 0.1) is 18.1 Å². The molecule has 3 N–H and O–H groups in total. The van der Waals surface area contributed by atoms with Crippen molar-refractivity contribution in [2.24, 2.45) is 5.73 Å². The van der Waals surface area contributed by atoms with Gasteiger partial charge < -0.3 is 20.2 Å². The van der Waals surface area contributed by atoms with E-state index in [1.807, 2.05) is 6.92 Å². The summed E-state index contributed by atoms with van der Waals surface area (Å²) in [6.07, 6.45) is 1.97. The fourth-order valence-corrected chi connectivity index (χ4v) is 3.43. The van der Waals surface area contributed by atoms with Crippen LogP contribution >= 0.6 is 0 Å². The van der Waals surface area contributed by atoms with Crippen molar-refractivity contribution in [3.63, 3.8) is 0 Å². The Labute approximate surface area is 167 Å². The molecule has 7 nitrogen and oxygen atoms in total. The number of primary amides is 1. The van der Waals surface area contributed by atoms with Gasteiger partial charge in [0, 0.05) is 17.5 Å². The second kappa shape index (κ2) is 6.72. The van der Waals surface area contributed by atoms with Gasteiger partial charge in [-0.25, -0.2) is 9.37 Å². The highest BCUT2D eigenvalue weighted by molar-refractivity contribution is 6.09. The largest absolute Gasteiger partial charge is 0.497 e. The van der Waals surface area contributed by atoms with Crippen molar-refractivity contribution in [1.29, 1.82) is 0 Å². The molecule has 4 rings (SSSR count). The number of methoxy groups -OCH3 is 1. The zero-order chi connectivity index (χ0) is 20.9. The molecule has 2 aromatic heterocycles. The highest BCUT2D eigenvalue weighted by atomic mass is 19.1. The molecule has 29 heavy (non-hydrogen) atoms. The number of carbonyl (C=O) groups excluding carboxylic acids is 1. The van der Waals surface area contributed by atoms with Gasteiger partial charge in [-0.05, 0) is 38.3 Å². The zero-order valence-corrected chi connectivity index (χ0v) is 16.8. The Kier molecular flexibility index (Phi) is 4.44. The summed E-state index contributed by atoms with van der Waals surface area (Å²) in [5.74, 6) is 0.237. The maximum Gasteiger partial charge on any atom is 0.253 e. The van der Waals surface area contributed by atoms with E-state index >= 15 is 0 Å². The predicted octanol–water partition coefficient (Wildman–Crippen LogP) is 3.89. The average molecular weight is 398 g/mol. The van der Waals surface area contributed by atoms with Crippen LogP contribution in [0.15, 0.2) is 22.6 Å². The molecule has 8 heteroatoms. The summed E-state index contributed by atoms with van der Waals surface area (Å²) < 4.78 is 25.4. The lowest BCUT2D eigenvalue weighted by Gasteiger charge is -2.17. The van der Waals surface area contributed by atoms with Gasteiger partial charge in [0.2, 0.25) is 5.71 Å². The molecule has 1 saturated carbocycles. The molecule has 0 bridgehead atoms. The number of nitrogens with zero attached hydrogens (tertiary/aromatic N) is 2. The van der Waals surface area contributed by atoms with Crippen molar-refractivity contribution < 1.29 is 18.3 Å². The smallest absolute Gasteiger partial charge is 0.253 e. The lowest BCUT2D eigenvalue weighted by Crippen LogP contribution is -2.20. The lowest BCUT2D eigenvalue weighted by atomic mass is 9.99. The fourth-order valence-electron chi connectivity index (χ4n) is 3.43. The minimum Gasteiger partial charge on any atom is -0.497 e. The molecule has 0 radical (unpaired) electrons. The summed E-state index contributed by atoms with van der Waals surface area (Å²) in [4.78, 5) is 21.1. The molecular formula is C21H23FN4O3. The number of ether oxygens (including phenoxy) is 1. The number of rotatable bonds is 6. The molecule has 1 atom stereocenters. The third-order valence-electron chi connectivity index (χ3n) is 5.47. The van der Waals surface area contributed by atoms with Gasteiger partial charge in [-0.1, -0.05) is 13.0 Å². The minimum atomic E-state index is -0.601. The number of anilines is 1. The van der Waals surface area contributed by atoms with E-state index in [9.17, 15) is 9.18 Å². The fraction of sp³-hybridized carbons (Fsp3) is 0.381. The Hall–Kier alpha value is -3.16. The first kappa shape index (κ1) is 19.2. The first-order valence-electron chi connectivity index (χ1n) is 9.45. The van der Waals surface area contributed by atoms with Crippen molar-refractivity contribution in [3.05, 3.63) is 46.7 Å². The Balaban J connectivity index is 1.86. The van der Waals surface area contributed by atoms with Crippen LogP contribution in [-0.4, -0.2) is 28.5 Å². The second-order valence-corrected chi connectivity index (χ2v) is 7.80. The van der Waals surface area contributed by atoms with E-state index < -0.39 is 17.6 Å². The summed E-state index contributed by atoms with van der Waals surface area (Å²) >= 11 is 0. The summed E-state index contributed by atoms with van der Waals surface area (Å²) in [5.41, 5.74) is 6.42. The number of nitrogens with one attached hydrogen (secondary N) is 1. The van der Waals surface area contributed by atoms with Crippen LogP contribution < -0.4 is 15.8 Å². The molecule has 152 valence electrons. The second-order valence-electron chi connectivity index (χ2n) is 7.80. The molecule has 1 amide bonds. The Morgan fingerprint density at radius 3 is 2.69 bits per heavy atom. The van der Waals surface area contributed by atoms with Crippen molar-refractivity contribution in [2.75, 3.05) is 12.4 Å². The molecule has 0 spiro atoms. The molecule has 2 heterocycles. The van der Waals surface area contributed by atoms with Crippen molar-refractivity contribution in [1.82, 2.24) is 9.97 Å². The normalized spacial score (nSPS) is 15.9. The number of carbonyl (C=O) groups is 1. The van der Waals surface area contributed by atoms with Crippen LogP contribution in [-0.2, 0) is 0 Å². The number of benzene rings is 1. The number of hydrogen-bond donors (Lipinski definition) is 2. The highest BCUT2D eigenvalue weighted by Gasteiger charge is 2.39. The summed E-state index contributed by atoms with van der Waals surface area (Å²) in [6, 6.07) is 4.68. The van der Waals surface area contributed by atoms with E-state index in [-0.39, 0.29) is 16.8 Å². The Bertz CT molecular complexity index is 1120. The van der Waals surface area contributed by atoms with Gasteiger partial charge in [-0.2, -0.15) is 4.98 Å². The zero-order valence-electron chi connectivity index (χ0n) is 16.8. The van der Waals surface area contributed by atoms with Crippen LogP contribution in [0.25, 0.3) is 11.1 Å². The molecular weight excluding hydrogens is 375 g/mol. The topological polar surface area (TPSA) is 103 Å². The highest BCUT2D eigenvalue weighted by Crippen LogP contribution is 2.41. The average Bonchev–Trinajstić information content (AvgIpc) is 3.28. The van der Waals surface area contributed by atoms with Crippen LogP contribution in [0, 0.1) is 12.7 Å². The van der Waals surface area contributed by atoms with E-state index in [1.165, 1.54) is 13.2 Å². The van der Waals surface area contributed by atoms with Gasteiger partial charge in [0.25, 0.3) is 5.91 Å². The standard InChI is InChI=1S/C21H23FN4O3/c1-10(13-6-5-12(28-4)9-14(13)22)18-24-19(26-21(3)7-8-21)16-15(17(23)27)11(2)29-20(16)25-18/h5-6,9-10H,7-8H2,1-4H3,(H2,23,27)(H,24,25,26)/t10-/m1/s1. The third-order valence-corrected chi connectivity index (χ3v) is 5.47. The number of hydrogen-bond acceptors (Lipinski definition) is 6. The maximum absolute atomic E-state index is 14.6.